The van der Waals surface area contributed by atoms with Gasteiger partial charge < -0.3 is 10.3 Å². The molecule has 3 nitrogen and oxygen atoms in total. The second kappa shape index (κ2) is 4.45. The van der Waals surface area contributed by atoms with Crippen molar-refractivity contribution in [1.29, 1.82) is 0 Å². The molecule has 3 rings (SSSR count). The Balaban J connectivity index is 0.000000963. The number of imidazole rings is 1. The molecule has 3 aromatic rings. The highest BCUT2D eigenvalue weighted by atomic mass is 35.5. The molecule has 0 unspecified atom stereocenters. The van der Waals surface area contributed by atoms with Crippen LogP contribution in [0, 0.1) is 6.92 Å². The monoisotopic (exact) mass is 271 g/mol. The van der Waals surface area contributed by atoms with Gasteiger partial charge in [0.1, 0.15) is 5.52 Å². The fourth-order valence-electron chi connectivity index (χ4n) is 1.42. The third-order valence-corrected chi connectivity index (χ3v) is 3.83. The molecule has 84 valence electrons. The fourth-order valence-corrected chi connectivity index (χ4v) is 2.89. The van der Waals surface area contributed by atoms with E-state index in [4.69, 9.17) is 0 Å². The number of aromatic nitrogens is 2. The second-order valence-electron chi connectivity index (χ2n) is 3.35. The van der Waals surface area contributed by atoms with E-state index in [1.165, 1.54) is 5.56 Å². The molecule has 0 aliphatic rings. The maximum Gasteiger partial charge on any atom is 0.205 e. The third-order valence-electron chi connectivity index (χ3n) is 2.24. The third kappa shape index (κ3) is 1.93. The highest BCUT2D eigenvalue weighted by Gasteiger charge is 2.05. The van der Waals surface area contributed by atoms with Crippen LogP contribution in [0.1, 0.15) is 5.56 Å². The number of rotatable bonds is 2. The van der Waals surface area contributed by atoms with E-state index in [1.54, 1.807) is 22.7 Å². The number of thiophene rings is 2. The Morgan fingerprint density at radius 2 is 2.00 bits per heavy atom. The van der Waals surface area contributed by atoms with Gasteiger partial charge in [-0.1, -0.05) is 0 Å². The van der Waals surface area contributed by atoms with Gasteiger partial charge in [0.2, 0.25) is 5.95 Å². The number of anilines is 2. The van der Waals surface area contributed by atoms with Gasteiger partial charge in [0.15, 0.2) is 0 Å². The van der Waals surface area contributed by atoms with Crippen LogP contribution in [-0.2, 0) is 0 Å². The molecule has 3 heterocycles. The molecule has 2 N–H and O–H groups in total. The molecule has 0 saturated carbocycles. The van der Waals surface area contributed by atoms with Crippen LogP contribution in [-0.4, -0.2) is 9.97 Å². The normalized spacial score (nSPS) is 10.3. The van der Waals surface area contributed by atoms with E-state index in [2.05, 4.69) is 38.3 Å². The SMILES string of the molecule is Cc1cscc1Nc1nc2cscc2[nH]1.Cl. The summed E-state index contributed by atoms with van der Waals surface area (Å²) in [4.78, 5) is 7.67. The van der Waals surface area contributed by atoms with Crippen LogP contribution in [0.3, 0.4) is 0 Å². The maximum atomic E-state index is 4.44. The van der Waals surface area contributed by atoms with E-state index in [1.807, 2.05) is 5.38 Å². The van der Waals surface area contributed by atoms with Crippen molar-refractivity contribution in [3.8, 4) is 0 Å². The van der Waals surface area contributed by atoms with Crippen molar-refractivity contribution in [3.63, 3.8) is 0 Å². The van der Waals surface area contributed by atoms with Crippen molar-refractivity contribution >= 4 is 57.7 Å². The summed E-state index contributed by atoms with van der Waals surface area (Å²) in [6.45, 7) is 2.09. The van der Waals surface area contributed by atoms with Crippen molar-refractivity contribution in [2.75, 3.05) is 5.32 Å². The molecule has 0 atom stereocenters. The van der Waals surface area contributed by atoms with Gasteiger partial charge in [-0.05, 0) is 17.9 Å². The highest BCUT2D eigenvalue weighted by molar-refractivity contribution is 7.09. The number of aryl methyl sites for hydroxylation is 1. The molecule has 3 aromatic heterocycles. The average molecular weight is 272 g/mol. The molecule has 0 aliphatic heterocycles. The first kappa shape index (κ1) is 11.4. The molecule has 0 amide bonds. The molecule has 0 bridgehead atoms. The van der Waals surface area contributed by atoms with Crippen LogP contribution < -0.4 is 5.32 Å². The van der Waals surface area contributed by atoms with Gasteiger partial charge in [0, 0.05) is 16.1 Å². The average Bonchev–Trinajstić information content (AvgIpc) is 2.83. The summed E-state index contributed by atoms with van der Waals surface area (Å²) >= 11 is 3.35. The molecule has 0 fully saturated rings. The number of fused-ring (bicyclic) bond motifs is 1. The van der Waals surface area contributed by atoms with Gasteiger partial charge in [-0.3, -0.25) is 0 Å². The summed E-state index contributed by atoms with van der Waals surface area (Å²) in [5, 5.41) is 11.6. The summed E-state index contributed by atoms with van der Waals surface area (Å²) in [5.41, 5.74) is 4.49. The quantitative estimate of drug-likeness (QED) is 0.735. The topological polar surface area (TPSA) is 40.7 Å². The van der Waals surface area contributed by atoms with Crippen molar-refractivity contribution < 1.29 is 0 Å². The second-order valence-corrected chi connectivity index (χ2v) is 4.84. The Morgan fingerprint density at radius 1 is 1.19 bits per heavy atom. The predicted octanol–water partition coefficient (Wildman–Crippen LogP) is 4.16. The first-order valence-corrected chi connectivity index (χ1v) is 6.43. The molecular weight excluding hydrogens is 262 g/mol. The van der Waals surface area contributed by atoms with Gasteiger partial charge >= 0.3 is 0 Å². The van der Waals surface area contributed by atoms with E-state index >= 15 is 0 Å². The minimum atomic E-state index is 0. The van der Waals surface area contributed by atoms with Gasteiger partial charge in [0.25, 0.3) is 0 Å². The maximum absolute atomic E-state index is 4.44. The zero-order chi connectivity index (χ0) is 10.3. The summed E-state index contributed by atoms with van der Waals surface area (Å²) < 4.78 is 0. The number of hydrogen-bond acceptors (Lipinski definition) is 4. The summed E-state index contributed by atoms with van der Waals surface area (Å²) in [7, 11) is 0. The largest absolute Gasteiger partial charge is 0.325 e. The molecule has 0 radical (unpaired) electrons. The minimum absolute atomic E-state index is 0. The van der Waals surface area contributed by atoms with Gasteiger partial charge in [-0.25, -0.2) is 4.98 Å². The fraction of sp³-hybridized carbons (Fsp3) is 0.100. The number of nitrogens with one attached hydrogen (secondary N) is 2. The smallest absolute Gasteiger partial charge is 0.205 e. The highest BCUT2D eigenvalue weighted by Crippen LogP contribution is 2.25. The zero-order valence-corrected chi connectivity index (χ0v) is 10.9. The Kier molecular flexibility index (Phi) is 3.18. The van der Waals surface area contributed by atoms with Crippen molar-refractivity contribution in [1.82, 2.24) is 9.97 Å². The summed E-state index contributed by atoms with van der Waals surface area (Å²) in [6.07, 6.45) is 0. The van der Waals surface area contributed by atoms with E-state index in [9.17, 15) is 0 Å². The summed E-state index contributed by atoms with van der Waals surface area (Å²) in [5.74, 6) is 0.814. The first-order valence-electron chi connectivity index (χ1n) is 4.54. The lowest BCUT2D eigenvalue weighted by molar-refractivity contribution is 1.30. The van der Waals surface area contributed by atoms with Crippen molar-refractivity contribution in [3.05, 3.63) is 27.1 Å². The Hall–Kier alpha value is -1.04. The standard InChI is InChI=1S/C10H9N3S2.ClH/c1-6-2-14-3-7(6)11-10-12-8-4-15-5-9(8)13-10;/h2-5H,1H3,(H2,11,12,13);1H. The van der Waals surface area contributed by atoms with Gasteiger partial charge in [-0.2, -0.15) is 0 Å². The number of halogens is 1. The van der Waals surface area contributed by atoms with Gasteiger partial charge in [-0.15, -0.1) is 35.1 Å². The van der Waals surface area contributed by atoms with Crippen LogP contribution >= 0.6 is 35.1 Å². The zero-order valence-electron chi connectivity index (χ0n) is 8.48. The molecular formula is C10H10ClN3S2. The number of aromatic amines is 1. The van der Waals surface area contributed by atoms with Crippen LogP contribution in [0.25, 0.3) is 11.0 Å². The number of H-pyrrole nitrogens is 1. The van der Waals surface area contributed by atoms with E-state index in [-0.39, 0.29) is 12.4 Å². The van der Waals surface area contributed by atoms with Crippen molar-refractivity contribution in [2.24, 2.45) is 0 Å². The van der Waals surface area contributed by atoms with Crippen LogP contribution in [0.15, 0.2) is 21.5 Å². The molecule has 0 spiro atoms. The Labute approximate surface area is 107 Å². The van der Waals surface area contributed by atoms with E-state index < -0.39 is 0 Å². The lowest BCUT2D eigenvalue weighted by atomic mass is 10.3. The molecule has 0 saturated heterocycles. The number of nitrogens with zero attached hydrogens (tertiary/aromatic N) is 1. The first-order chi connectivity index (χ1) is 7.33. The van der Waals surface area contributed by atoms with Crippen LogP contribution in [0.2, 0.25) is 0 Å². The van der Waals surface area contributed by atoms with Crippen LogP contribution in [0.4, 0.5) is 11.6 Å². The predicted molar refractivity (Wildman–Crippen MR) is 73.6 cm³/mol. The molecule has 6 heteroatoms. The Morgan fingerprint density at radius 3 is 2.69 bits per heavy atom. The lowest BCUT2D eigenvalue weighted by Crippen LogP contribution is -1.91. The lowest BCUT2D eigenvalue weighted by Gasteiger charge is -2.00. The molecule has 16 heavy (non-hydrogen) atoms. The van der Waals surface area contributed by atoms with Gasteiger partial charge in [0.05, 0.1) is 11.2 Å². The summed E-state index contributed by atoms with van der Waals surface area (Å²) in [6, 6.07) is 0. The van der Waals surface area contributed by atoms with Crippen molar-refractivity contribution in [2.45, 2.75) is 6.92 Å². The van der Waals surface area contributed by atoms with E-state index in [0.717, 1.165) is 22.7 Å². The number of hydrogen-bond donors (Lipinski definition) is 2. The molecule has 0 aromatic carbocycles. The van der Waals surface area contributed by atoms with E-state index in [0.29, 0.717) is 0 Å². The Bertz CT molecular complexity index is 567. The molecule has 0 aliphatic carbocycles. The minimum Gasteiger partial charge on any atom is -0.325 e. The van der Waals surface area contributed by atoms with Crippen LogP contribution in [0.5, 0.6) is 0 Å².